The molecule has 2 amide bonds. The topological polar surface area (TPSA) is 106 Å². The van der Waals surface area contributed by atoms with Crippen LogP contribution in [0.4, 0.5) is 0 Å². The van der Waals surface area contributed by atoms with E-state index in [1.165, 1.54) is 0 Å². The highest BCUT2D eigenvalue weighted by Crippen LogP contribution is 2.19. The summed E-state index contributed by atoms with van der Waals surface area (Å²) in [5.41, 5.74) is 1.75. The van der Waals surface area contributed by atoms with Gasteiger partial charge in [-0.3, -0.25) is 9.59 Å². The summed E-state index contributed by atoms with van der Waals surface area (Å²) in [7, 11) is 1.60. The molecule has 162 valence electrons. The normalized spacial score (nSPS) is 10.5. The second-order valence-corrected chi connectivity index (χ2v) is 7.21. The number of carbonyl (C=O) groups excluding carboxylic acids is 2. The van der Waals surface area contributed by atoms with Gasteiger partial charge in [-0.15, -0.1) is 0 Å². The fourth-order valence-electron chi connectivity index (χ4n) is 2.75. The van der Waals surface area contributed by atoms with Gasteiger partial charge in [0.05, 0.1) is 13.7 Å². The van der Waals surface area contributed by atoms with Crippen molar-refractivity contribution in [2.24, 2.45) is 0 Å². The molecule has 31 heavy (non-hydrogen) atoms. The van der Waals surface area contributed by atoms with Crippen LogP contribution in [0.2, 0.25) is 5.02 Å². The molecule has 0 atom stereocenters. The van der Waals surface area contributed by atoms with Crippen molar-refractivity contribution < 1.29 is 18.8 Å². The Morgan fingerprint density at radius 2 is 1.77 bits per heavy atom. The van der Waals surface area contributed by atoms with Gasteiger partial charge in [0.1, 0.15) is 5.75 Å². The van der Waals surface area contributed by atoms with Gasteiger partial charge in [0, 0.05) is 30.0 Å². The number of hydrogen-bond donors (Lipinski definition) is 2. The predicted octanol–water partition coefficient (Wildman–Crippen LogP) is 3.15. The molecule has 0 bridgehead atoms. The summed E-state index contributed by atoms with van der Waals surface area (Å²) in [6, 6.07) is 14.5. The lowest BCUT2D eigenvalue weighted by Gasteiger charge is -2.07. The van der Waals surface area contributed by atoms with E-state index in [2.05, 4.69) is 20.8 Å². The van der Waals surface area contributed by atoms with E-state index in [-0.39, 0.29) is 24.8 Å². The zero-order chi connectivity index (χ0) is 22.1. The Morgan fingerprint density at radius 1 is 1.03 bits per heavy atom. The standard InChI is InChI=1S/C22H23ClN4O4/c1-30-18-11-5-15(6-12-18)13-24-20(29)14-25-19(28)3-2-4-21-26-22(27-31-21)16-7-9-17(23)10-8-16/h5-12H,2-4,13-14H2,1H3,(H,24,29)(H,25,28). The number of rotatable bonds is 10. The van der Waals surface area contributed by atoms with Gasteiger partial charge in [0.15, 0.2) is 0 Å². The van der Waals surface area contributed by atoms with Gasteiger partial charge in [-0.2, -0.15) is 4.98 Å². The highest BCUT2D eigenvalue weighted by Gasteiger charge is 2.10. The van der Waals surface area contributed by atoms with Gasteiger partial charge in [-0.05, 0) is 48.4 Å². The predicted molar refractivity (Wildman–Crippen MR) is 116 cm³/mol. The van der Waals surface area contributed by atoms with Crippen LogP contribution in [0.5, 0.6) is 5.75 Å². The number of nitrogens with one attached hydrogen (secondary N) is 2. The Morgan fingerprint density at radius 3 is 2.48 bits per heavy atom. The van der Waals surface area contributed by atoms with E-state index in [1.807, 2.05) is 36.4 Å². The molecule has 2 aromatic carbocycles. The Kier molecular flexibility index (Phi) is 8.00. The number of aryl methyl sites for hydroxylation is 1. The summed E-state index contributed by atoms with van der Waals surface area (Å²) < 4.78 is 10.3. The maximum atomic E-state index is 12.0. The van der Waals surface area contributed by atoms with Crippen LogP contribution in [0.3, 0.4) is 0 Å². The van der Waals surface area contributed by atoms with Gasteiger partial charge in [-0.1, -0.05) is 28.9 Å². The average molecular weight is 443 g/mol. The molecule has 3 rings (SSSR count). The first-order chi connectivity index (χ1) is 15.0. The number of benzene rings is 2. The van der Waals surface area contributed by atoms with Crippen LogP contribution < -0.4 is 15.4 Å². The van der Waals surface area contributed by atoms with Gasteiger partial charge in [0.2, 0.25) is 23.5 Å². The molecule has 0 spiro atoms. The number of aromatic nitrogens is 2. The van der Waals surface area contributed by atoms with Crippen LogP contribution in [-0.2, 0) is 22.6 Å². The number of methoxy groups -OCH3 is 1. The van der Waals surface area contributed by atoms with Gasteiger partial charge >= 0.3 is 0 Å². The maximum Gasteiger partial charge on any atom is 0.239 e. The first-order valence-electron chi connectivity index (χ1n) is 9.78. The molecule has 0 fully saturated rings. The van der Waals surface area contributed by atoms with E-state index in [0.29, 0.717) is 36.1 Å². The number of ether oxygens (including phenoxy) is 1. The molecule has 9 heteroatoms. The first-order valence-corrected chi connectivity index (χ1v) is 10.2. The van der Waals surface area contributed by atoms with Crippen LogP contribution in [-0.4, -0.2) is 35.6 Å². The zero-order valence-electron chi connectivity index (χ0n) is 17.1. The summed E-state index contributed by atoms with van der Waals surface area (Å²) in [6.07, 6.45) is 1.25. The number of halogens is 1. The molecule has 1 heterocycles. The molecule has 0 aliphatic rings. The molecule has 1 aromatic heterocycles. The summed E-state index contributed by atoms with van der Waals surface area (Å²) in [4.78, 5) is 28.2. The lowest BCUT2D eigenvalue weighted by atomic mass is 10.2. The summed E-state index contributed by atoms with van der Waals surface area (Å²) >= 11 is 5.87. The van der Waals surface area contributed by atoms with E-state index in [0.717, 1.165) is 16.9 Å². The largest absolute Gasteiger partial charge is 0.497 e. The van der Waals surface area contributed by atoms with Crippen molar-refractivity contribution in [1.82, 2.24) is 20.8 Å². The smallest absolute Gasteiger partial charge is 0.239 e. The van der Waals surface area contributed by atoms with Crippen molar-refractivity contribution in [3.63, 3.8) is 0 Å². The fourth-order valence-corrected chi connectivity index (χ4v) is 2.87. The third-order valence-corrected chi connectivity index (χ3v) is 4.71. The van der Waals surface area contributed by atoms with Crippen molar-refractivity contribution in [2.45, 2.75) is 25.8 Å². The van der Waals surface area contributed by atoms with E-state index in [9.17, 15) is 9.59 Å². The second-order valence-electron chi connectivity index (χ2n) is 6.77. The zero-order valence-corrected chi connectivity index (χ0v) is 17.8. The summed E-state index contributed by atoms with van der Waals surface area (Å²) in [5, 5.41) is 9.94. The molecule has 0 radical (unpaired) electrons. The molecule has 8 nitrogen and oxygen atoms in total. The minimum absolute atomic E-state index is 0.0732. The number of amides is 2. The number of carbonyl (C=O) groups is 2. The monoisotopic (exact) mass is 442 g/mol. The Bertz CT molecular complexity index is 1000. The second kappa shape index (κ2) is 11.1. The highest BCUT2D eigenvalue weighted by molar-refractivity contribution is 6.30. The highest BCUT2D eigenvalue weighted by atomic mass is 35.5. The minimum atomic E-state index is -0.256. The molecule has 0 unspecified atom stereocenters. The Labute approximate surface area is 184 Å². The molecule has 0 aliphatic heterocycles. The fraction of sp³-hybridized carbons (Fsp3) is 0.273. The SMILES string of the molecule is COc1ccc(CNC(=O)CNC(=O)CCCc2nc(-c3ccc(Cl)cc3)no2)cc1. The molecule has 0 saturated carbocycles. The molecular weight excluding hydrogens is 420 g/mol. The first kappa shape index (κ1) is 22.3. The Balaban J connectivity index is 1.33. The van der Waals surface area contributed by atoms with Crippen LogP contribution >= 0.6 is 11.6 Å². The summed E-state index contributed by atoms with van der Waals surface area (Å²) in [6.45, 7) is 0.308. The number of nitrogens with zero attached hydrogens (tertiary/aromatic N) is 2. The van der Waals surface area contributed by atoms with Crippen LogP contribution in [0.1, 0.15) is 24.3 Å². The lowest BCUT2D eigenvalue weighted by Crippen LogP contribution is -2.36. The van der Waals surface area contributed by atoms with E-state index >= 15 is 0 Å². The summed E-state index contributed by atoms with van der Waals surface area (Å²) in [5.74, 6) is 1.22. The average Bonchev–Trinajstić information content (AvgIpc) is 3.26. The van der Waals surface area contributed by atoms with Crippen molar-refractivity contribution in [2.75, 3.05) is 13.7 Å². The van der Waals surface area contributed by atoms with E-state index in [4.69, 9.17) is 20.9 Å². The molecule has 3 aromatic rings. The molecule has 2 N–H and O–H groups in total. The van der Waals surface area contributed by atoms with Crippen molar-refractivity contribution in [3.8, 4) is 17.1 Å². The van der Waals surface area contributed by atoms with Crippen LogP contribution in [0, 0.1) is 0 Å². The van der Waals surface area contributed by atoms with E-state index in [1.54, 1.807) is 19.2 Å². The third kappa shape index (κ3) is 7.11. The van der Waals surface area contributed by atoms with Gasteiger partial charge in [0.25, 0.3) is 0 Å². The number of hydrogen-bond acceptors (Lipinski definition) is 6. The quantitative estimate of drug-likeness (QED) is 0.499. The molecule has 0 saturated heterocycles. The van der Waals surface area contributed by atoms with Crippen molar-refractivity contribution >= 4 is 23.4 Å². The van der Waals surface area contributed by atoms with Crippen molar-refractivity contribution in [3.05, 3.63) is 65.0 Å². The van der Waals surface area contributed by atoms with Gasteiger partial charge < -0.3 is 19.9 Å². The van der Waals surface area contributed by atoms with Crippen LogP contribution in [0.25, 0.3) is 11.4 Å². The lowest BCUT2D eigenvalue weighted by molar-refractivity contribution is -0.126. The van der Waals surface area contributed by atoms with E-state index < -0.39 is 0 Å². The van der Waals surface area contributed by atoms with Gasteiger partial charge in [-0.25, -0.2) is 0 Å². The Hall–Kier alpha value is -3.39. The minimum Gasteiger partial charge on any atom is -0.497 e. The van der Waals surface area contributed by atoms with Crippen LogP contribution in [0.15, 0.2) is 53.1 Å². The maximum absolute atomic E-state index is 12.0. The third-order valence-electron chi connectivity index (χ3n) is 4.46. The molecule has 0 aliphatic carbocycles. The van der Waals surface area contributed by atoms with Crippen molar-refractivity contribution in [1.29, 1.82) is 0 Å². The molecular formula is C22H23ClN4O4.